The van der Waals surface area contributed by atoms with E-state index in [9.17, 15) is 19.3 Å². The number of nitro benzene ring substituents is 1. The van der Waals surface area contributed by atoms with Gasteiger partial charge in [0.05, 0.1) is 16.7 Å². The number of rotatable bonds is 2. The summed E-state index contributed by atoms with van der Waals surface area (Å²) in [5.74, 6) is -0.767. The minimum atomic E-state index is -0.767. The molecule has 6 nitrogen and oxygen atoms in total. The van der Waals surface area contributed by atoms with Crippen LogP contribution in [0, 0.1) is 15.9 Å². The summed E-state index contributed by atoms with van der Waals surface area (Å²) in [6.45, 7) is 0.963. The maximum atomic E-state index is 13.6. The third-order valence-electron chi connectivity index (χ3n) is 2.51. The van der Waals surface area contributed by atoms with Crippen LogP contribution in [0.15, 0.2) is 18.2 Å². The number of halogens is 1. The largest absolute Gasteiger partial charge is 0.338 e. The fraction of sp³-hybridized carbons (Fsp3) is 0.300. The van der Waals surface area contributed by atoms with Gasteiger partial charge in [-0.15, -0.1) is 0 Å². The van der Waals surface area contributed by atoms with E-state index in [0.29, 0.717) is 19.5 Å². The van der Waals surface area contributed by atoms with Crippen LogP contribution in [0.5, 0.6) is 0 Å². The molecule has 1 saturated heterocycles. The first-order valence-electron chi connectivity index (χ1n) is 5.09. The standard InChI is InChI=1S/C10H10FN3O3/c11-8-6-7(14(16)17)2-3-9(8)13-5-1-4-12-10(13)15/h2-3,6H,1,4-5H2,(H,12,15). The molecule has 7 heteroatoms. The lowest BCUT2D eigenvalue weighted by Crippen LogP contribution is -2.46. The molecule has 0 aliphatic carbocycles. The van der Waals surface area contributed by atoms with E-state index in [4.69, 9.17) is 0 Å². The van der Waals surface area contributed by atoms with Gasteiger partial charge in [0.2, 0.25) is 0 Å². The maximum absolute atomic E-state index is 13.6. The number of nitrogens with one attached hydrogen (secondary N) is 1. The molecule has 0 atom stereocenters. The number of anilines is 1. The van der Waals surface area contributed by atoms with Crippen LogP contribution < -0.4 is 10.2 Å². The third-order valence-corrected chi connectivity index (χ3v) is 2.51. The number of nitro groups is 1. The first-order chi connectivity index (χ1) is 8.09. The quantitative estimate of drug-likeness (QED) is 0.629. The van der Waals surface area contributed by atoms with E-state index < -0.39 is 10.7 Å². The predicted octanol–water partition coefficient (Wildman–Crippen LogP) is 1.65. The SMILES string of the molecule is O=C1NCCCN1c1ccc([N+](=O)[O-])cc1F. The second-order valence-corrected chi connectivity index (χ2v) is 3.63. The highest BCUT2D eigenvalue weighted by Crippen LogP contribution is 2.25. The van der Waals surface area contributed by atoms with Gasteiger partial charge in [-0.2, -0.15) is 0 Å². The van der Waals surface area contributed by atoms with E-state index in [2.05, 4.69) is 5.32 Å². The van der Waals surface area contributed by atoms with E-state index in [1.54, 1.807) is 0 Å². The summed E-state index contributed by atoms with van der Waals surface area (Å²) < 4.78 is 13.6. The maximum Gasteiger partial charge on any atom is 0.321 e. The molecule has 1 aliphatic rings. The molecule has 2 rings (SSSR count). The molecule has 0 spiro atoms. The molecule has 1 heterocycles. The lowest BCUT2D eigenvalue weighted by molar-refractivity contribution is -0.385. The molecule has 0 radical (unpaired) electrons. The summed E-state index contributed by atoms with van der Waals surface area (Å²) in [4.78, 5) is 22.5. The fourth-order valence-corrected chi connectivity index (χ4v) is 1.69. The zero-order chi connectivity index (χ0) is 12.4. The van der Waals surface area contributed by atoms with Crippen molar-refractivity contribution in [3.05, 3.63) is 34.1 Å². The molecule has 0 saturated carbocycles. The Kier molecular flexibility index (Phi) is 2.90. The summed E-state index contributed by atoms with van der Waals surface area (Å²) in [5.41, 5.74) is -0.267. The van der Waals surface area contributed by atoms with Crippen molar-refractivity contribution in [2.24, 2.45) is 0 Å². The van der Waals surface area contributed by atoms with Crippen molar-refractivity contribution in [2.45, 2.75) is 6.42 Å². The van der Waals surface area contributed by atoms with Crippen molar-refractivity contribution in [1.29, 1.82) is 0 Å². The lowest BCUT2D eigenvalue weighted by Gasteiger charge is -2.27. The van der Waals surface area contributed by atoms with Gasteiger partial charge in [-0.05, 0) is 12.5 Å². The molecule has 1 aromatic carbocycles. The van der Waals surface area contributed by atoms with E-state index in [-0.39, 0.29) is 17.4 Å². The number of hydrogen-bond acceptors (Lipinski definition) is 3. The van der Waals surface area contributed by atoms with Crippen LogP contribution in [-0.2, 0) is 0 Å². The molecule has 0 unspecified atom stereocenters. The van der Waals surface area contributed by atoms with E-state index in [1.807, 2.05) is 0 Å². The molecule has 0 aromatic heterocycles. The fourth-order valence-electron chi connectivity index (χ4n) is 1.69. The zero-order valence-electron chi connectivity index (χ0n) is 8.85. The molecular formula is C10H10FN3O3. The van der Waals surface area contributed by atoms with Gasteiger partial charge in [0, 0.05) is 19.2 Å². The number of hydrogen-bond donors (Lipinski definition) is 1. The van der Waals surface area contributed by atoms with Crippen LogP contribution in [0.4, 0.5) is 20.6 Å². The topological polar surface area (TPSA) is 75.5 Å². The third kappa shape index (κ3) is 2.17. The summed E-state index contributed by atoms with van der Waals surface area (Å²) >= 11 is 0. The minimum absolute atomic E-state index is 0.0628. The number of benzene rings is 1. The predicted molar refractivity (Wildman–Crippen MR) is 58.4 cm³/mol. The van der Waals surface area contributed by atoms with Crippen LogP contribution in [0.25, 0.3) is 0 Å². The molecule has 0 bridgehead atoms. The van der Waals surface area contributed by atoms with Gasteiger partial charge < -0.3 is 5.32 Å². The first-order valence-corrected chi connectivity index (χ1v) is 5.09. The molecule has 17 heavy (non-hydrogen) atoms. The summed E-state index contributed by atoms with van der Waals surface area (Å²) in [6.07, 6.45) is 0.710. The summed E-state index contributed by atoms with van der Waals surface area (Å²) in [6, 6.07) is 2.86. The Morgan fingerprint density at radius 1 is 1.47 bits per heavy atom. The lowest BCUT2D eigenvalue weighted by atomic mass is 10.2. The molecule has 1 aliphatic heterocycles. The highest BCUT2D eigenvalue weighted by molar-refractivity contribution is 5.92. The molecular weight excluding hydrogens is 229 g/mol. The Hall–Kier alpha value is -2.18. The smallest absolute Gasteiger partial charge is 0.321 e. The average Bonchev–Trinajstić information content (AvgIpc) is 2.30. The van der Waals surface area contributed by atoms with Crippen LogP contribution in [-0.4, -0.2) is 24.0 Å². The number of carbonyl (C=O) groups excluding carboxylic acids is 1. The summed E-state index contributed by atoms with van der Waals surface area (Å²) in [5, 5.41) is 13.0. The number of nitrogens with zero attached hydrogens (tertiary/aromatic N) is 2. The first kappa shape index (κ1) is 11.3. The van der Waals surface area contributed by atoms with Gasteiger partial charge >= 0.3 is 6.03 Å². The van der Waals surface area contributed by atoms with Gasteiger partial charge in [0.15, 0.2) is 5.82 Å². The van der Waals surface area contributed by atoms with Crippen LogP contribution in [0.1, 0.15) is 6.42 Å². The Labute approximate surface area is 96.2 Å². The van der Waals surface area contributed by atoms with Crippen molar-refractivity contribution in [2.75, 3.05) is 18.0 Å². The Bertz CT molecular complexity index is 478. The monoisotopic (exact) mass is 239 g/mol. The second-order valence-electron chi connectivity index (χ2n) is 3.63. The number of amides is 2. The average molecular weight is 239 g/mol. The van der Waals surface area contributed by atoms with E-state index in [1.165, 1.54) is 17.0 Å². The molecule has 1 aromatic rings. The highest BCUT2D eigenvalue weighted by atomic mass is 19.1. The van der Waals surface area contributed by atoms with Gasteiger partial charge in [-0.3, -0.25) is 15.0 Å². The zero-order valence-corrected chi connectivity index (χ0v) is 8.85. The van der Waals surface area contributed by atoms with Crippen molar-refractivity contribution >= 4 is 17.4 Å². The van der Waals surface area contributed by atoms with Crippen LogP contribution in [0.2, 0.25) is 0 Å². The van der Waals surface area contributed by atoms with E-state index >= 15 is 0 Å². The van der Waals surface area contributed by atoms with Crippen molar-refractivity contribution in [1.82, 2.24) is 5.32 Å². The van der Waals surface area contributed by atoms with Crippen LogP contribution >= 0.6 is 0 Å². The number of non-ortho nitro benzene ring substituents is 1. The van der Waals surface area contributed by atoms with Gasteiger partial charge in [-0.25, -0.2) is 9.18 Å². The summed E-state index contributed by atoms with van der Waals surface area (Å²) in [7, 11) is 0. The van der Waals surface area contributed by atoms with Gasteiger partial charge in [-0.1, -0.05) is 0 Å². The minimum Gasteiger partial charge on any atom is -0.338 e. The van der Waals surface area contributed by atoms with Crippen molar-refractivity contribution < 1.29 is 14.1 Å². The Morgan fingerprint density at radius 3 is 2.82 bits per heavy atom. The Morgan fingerprint density at radius 2 is 2.24 bits per heavy atom. The Balaban J connectivity index is 2.32. The van der Waals surface area contributed by atoms with Crippen molar-refractivity contribution in [3.8, 4) is 0 Å². The van der Waals surface area contributed by atoms with Crippen LogP contribution in [0.3, 0.4) is 0 Å². The number of carbonyl (C=O) groups is 1. The second kappa shape index (κ2) is 4.36. The highest BCUT2D eigenvalue weighted by Gasteiger charge is 2.23. The van der Waals surface area contributed by atoms with Gasteiger partial charge in [0.25, 0.3) is 5.69 Å². The normalized spacial score (nSPS) is 15.6. The molecule has 1 N–H and O–H groups in total. The van der Waals surface area contributed by atoms with E-state index in [0.717, 1.165) is 6.07 Å². The molecule has 90 valence electrons. The van der Waals surface area contributed by atoms with Crippen molar-refractivity contribution in [3.63, 3.8) is 0 Å². The number of urea groups is 1. The van der Waals surface area contributed by atoms with Gasteiger partial charge in [0.1, 0.15) is 0 Å². The molecule has 1 fully saturated rings. The molecule has 2 amide bonds.